The number of hydrogen-bond donors (Lipinski definition) is 0. The summed E-state index contributed by atoms with van der Waals surface area (Å²) in [6, 6.07) is 3.73. The normalized spacial score (nSPS) is 17.6. The molecule has 11 heteroatoms. The first-order valence-electron chi connectivity index (χ1n) is 8.14. The lowest BCUT2D eigenvalue weighted by Gasteiger charge is -2.14. The number of aryl methyl sites for hydroxylation is 1. The van der Waals surface area contributed by atoms with E-state index in [0.29, 0.717) is 28.7 Å². The van der Waals surface area contributed by atoms with Gasteiger partial charge in [-0.15, -0.1) is 0 Å². The molecule has 4 heterocycles. The van der Waals surface area contributed by atoms with Crippen molar-refractivity contribution < 1.29 is 22.5 Å². The molecule has 7 nitrogen and oxygen atoms in total. The molecule has 1 atom stereocenters. The number of carbonyl (C=O) groups excluding carboxylic acids is 1. The van der Waals surface area contributed by atoms with Crippen LogP contribution in [0.2, 0.25) is 0 Å². The van der Waals surface area contributed by atoms with E-state index >= 15 is 0 Å². The van der Waals surface area contributed by atoms with Gasteiger partial charge in [0, 0.05) is 31.4 Å². The van der Waals surface area contributed by atoms with Gasteiger partial charge in [-0.2, -0.15) is 18.2 Å². The Kier molecular flexibility index (Phi) is 4.25. The van der Waals surface area contributed by atoms with Crippen LogP contribution >= 0.6 is 11.3 Å². The van der Waals surface area contributed by atoms with Crippen LogP contribution < -0.4 is 0 Å². The monoisotopic (exact) mass is 397 g/mol. The molecule has 1 amide bonds. The summed E-state index contributed by atoms with van der Waals surface area (Å²) < 4.78 is 43.9. The van der Waals surface area contributed by atoms with E-state index in [4.69, 9.17) is 0 Å². The van der Waals surface area contributed by atoms with Crippen molar-refractivity contribution in [3.8, 4) is 5.13 Å². The number of alkyl halides is 3. The highest BCUT2D eigenvalue weighted by Gasteiger charge is 2.40. The molecule has 0 aliphatic carbocycles. The van der Waals surface area contributed by atoms with Crippen LogP contribution in [0.25, 0.3) is 5.13 Å². The molecule has 3 aromatic rings. The summed E-state index contributed by atoms with van der Waals surface area (Å²) in [5, 5.41) is 4.11. The van der Waals surface area contributed by atoms with Crippen molar-refractivity contribution in [2.75, 3.05) is 13.1 Å². The molecule has 1 aliphatic heterocycles. The molecule has 4 rings (SSSR count). The molecule has 0 N–H and O–H groups in total. The van der Waals surface area contributed by atoms with E-state index in [1.807, 2.05) is 29.1 Å². The van der Waals surface area contributed by atoms with Crippen molar-refractivity contribution in [1.29, 1.82) is 0 Å². The summed E-state index contributed by atoms with van der Waals surface area (Å²) in [7, 11) is 0. The fourth-order valence-corrected chi connectivity index (χ4v) is 3.97. The Balaban J connectivity index is 1.49. The minimum atomic E-state index is -4.67. The molecule has 0 spiro atoms. The largest absolute Gasteiger partial charge is 0.471 e. The summed E-state index contributed by atoms with van der Waals surface area (Å²) >= 11 is 1.28. The van der Waals surface area contributed by atoms with Gasteiger partial charge in [0.15, 0.2) is 11.0 Å². The predicted molar refractivity (Wildman–Crippen MR) is 88.7 cm³/mol. The van der Waals surface area contributed by atoms with Crippen LogP contribution in [0.1, 0.15) is 39.4 Å². The van der Waals surface area contributed by atoms with Gasteiger partial charge in [-0.3, -0.25) is 4.79 Å². The summed E-state index contributed by atoms with van der Waals surface area (Å²) in [6.07, 6.45) is -0.515. The lowest BCUT2D eigenvalue weighted by Crippen LogP contribution is -2.28. The predicted octanol–water partition coefficient (Wildman–Crippen LogP) is 3.27. The zero-order chi connectivity index (χ0) is 19.2. The number of halogens is 3. The van der Waals surface area contributed by atoms with Crippen LogP contribution in [0.5, 0.6) is 0 Å². The second-order valence-electron chi connectivity index (χ2n) is 6.19. The third-order valence-electron chi connectivity index (χ3n) is 4.33. The van der Waals surface area contributed by atoms with Gasteiger partial charge in [0.05, 0.1) is 5.69 Å². The molecule has 0 unspecified atom stereocenters. The van der Waals surface area contributed by atoms with E-state index in [0.717, 1.165) is 0 Å². The molecule has 1 aliphatic rings. The van der Waals surface area contributed by atoms with Gasteiger partial charge >= 0.3 is 12.1 Å². The highest BCUT2D eigenvalue weighted by molar-refractivity contribution is 7.16. The Labute approximate surface area is 155 Å². The van der Waals surface area contributed by atoms with Gasteiger partial charge in [-0.1, -0.05) is 16.5 Å². The number of nitrogens with zero attached hydrogens (tertiary/aromatic N) is 5. The summed E-state index contributed by atoms with van der Waals surface area (Å²) in [5.41, 5.74) is 0.621. The maximum atomic E-state index is 12.8. The lowest BCUT2D eigenvalue weighted by atomic mass is 10.1. The summed E-state index contributed by atoms with van der Waals surface area (Å²) in [5.74, 6) is -1.96. The molecule has 27 heavy (non-hydrogen) atoms. The quantitative estimate of drug-likeness (QED) is 0.678. The Morgan fingerprint density at radius 1 is 1.30 bits per heavy atom. The number of amides is 1. The van der Waals surface area contributed by atoms with Gasteiger partial charge in [-0.05, 0) is 25.5 Å². The van der Waals surface area contributed by atoms with Crippen LogP contribution in [-0.2, 0) is 6.18 Å². The second-order valence-corrected chi connectivity index (χ2v) is 7.17. The first-order valence-corrected chi connectivity index (χ1v) is 8.95. The third kappa shape index (κ3) is 3.34. The van der Waals surface area contributed by atoms with E-state index in [1.165, 1.54) is 11.3 Å². The van der Waals surface area contributed by atoms with Gasteiger partial charge in [0.2, 0.25) is 0 Å². The Morgan fingerprint density at radius 2 is 2.04 bits per heavy atom. The van der Waals surface area contributed by atoms with E-state index in [-0.39, 0.29) is 24.2 Å². The lowest BCUT2D eigenvalue weighted by molar-refractivity contribution is -0.159. The standard InChI is InChI=1S/C16H14F3N5O2S/c1-9-11(27-15(20-9)23-5-2-3-6-23)13(25)24-7-4-10(8-24)12-21-14(26-22-12)16(17,18)19/h2-3,5-6,10H,4,7-8H2,1H3/t10-/m1/s1. The van der Waals surface area contributed by atoms with E-state index < -0.39 is 12.1 Å². The first-order chi connectivity index (χ1) is 12.8. The fraction of sp³-hybridized carbons (Fsp3) is 0.375. The number of likely N-dealkylation sites (tertiary alicyclic amines) is 1. The minimum Gasteiger partial charge on any atom is -0.337 e. The number of aromatic nitrogens is 4. The number of thiazole rings is 1. The Morgan fingerprint density at radius 3 is 2.70 bits per heavy atom. The smallest absolute Gasteiger partial charge is 0.337 e. The molecule has 0 saturated carbocycles. The number of hydrogen-bond acceptors (Lipinski definition) is 6. The van der Waals surface area contributed by atoms with Gasteiger partial charge in [0.25, 0.3) is 5.91 Å². The minimum absolute atomic E-state index is 0.0216. The molecular weight excluding hydrogens is 383 g/mol. The van der Waals surface area contributed by atoms with Crippen LogP contribution in [0.15, 0.2) is 29.0 Å². The zero-order valence-corrected chi connectivity index (χ0v) is 14.9. The van der Waals surface area contributed by atoms with Crippen LogP contribution in [0, 0.1) is 6.92 Å². The molecular formula is C16H14F3N5O2S. The molecule has 0 bridgehead atoms. The maximum absolute atomic E-state index is 12.8. The highest BCUT2D eigenvalue weighted by atomic mass is 32.1. The SMILES string of the molecule is Cc1nc(-n2cccc2)sc1C(=O)N1CC[C@@H](c2noc(C(F)(F)F)n2)C1. The molecule has 3 aromatic heterocycles. The Bertz CT molecular complexity index is 963. The average Bonchev–Trinajstić information content (AvgIpc) is 3.36. The second kappa shape index (κ2) is 6.48. The molecule has 142 valence electrons. The zero-order valence-electron chi connectivity index (χ0n) is 14.1. The number of rotatable bonds is 3. The topological polar surface area (TPSA) is 77.0 Å². The van der Waals surface area contributed by atoms with E-state index in [9.17, 15) is 18.0 Å². The summed E-state index contributed by atoms with van der Waals surface area (Å²) in [4.78, 5) is 22.8. The first kappa shape index (κ1) is 17.7. The molecule has 0 radical (unpaired) electrons. The molecule has 1 fully saturated rings. The number of carbonyl (C=O) groups is 1. The fourth-order valence-electron chi connectivity index (χ4n) is 2.97. The van der Waals surface area contributed by atoms with E-state index in [1.54, 1.807) is 11.8 Å². The Hall–Kier alpha value is -2.69. The van der Waals surface area contributed by atoms with Crippen molar-refractivity contribution in [2.24, 2.45) is 0 Å². The molecule has 1 saturated heterocycles. The van der Waals surface area contributed by atoms with Crippen molar-refractivity contribution >= 4 is 17.2 Å². The van der Waals surface area contributed by atoms with Gasteiger partial charge in [-0.25, -0.2) is 4.98 Å². The van der Waals surface area contributed by atoms with Crippen molar-refractivity contribution in [2.45, 2.75) is 25.4 Å². The summed E-state index contributed by atoms with van der Waals surface area (Å²) in [6.45, 7) is 2.42. The van der Waals surface area contributed by atoms with Crippen molar-refractivity contribution in [3.63, 3.8) is 0 Å². The van der Waals surface area contributed by atoms with Crippen LogP contribution in [0.4, 0.5) is 13.2 Å². The van der Waals surface area contributed by atoms with Crippen molar-refractivity contribution in [1.82, 2.24) is 24.6 Å². The third-order valence-corrected chi connectivity index (χ3v) is 5.49. The molecule has 0 aromatic carbocycles. The highest BCUT2D eigenvalue weighted by Crippen LogP contribution is 2.32. The van der Waals surface area contributed by atoms with Crippen LogP contribution in [0.3, 0.4) is 0 Å². The van der Waals surface area contributed by atoms with Crippen molar-refractivity contribution in [3.05, 3.63) is 46.8 Å². The van der Waals surface area contributed by atoms with Crippen LogP contribution in [-0.4, -0.2) is 43.6 Å². The van der Waals surface area contributed by atoms with Gasteiger partial charge in [0.1, 0.15) is 4.88 Å². The maximum Gasteiger partial charge on any atom is 0.471 e. The van der Waals surface area contributed by atoms with E-state index in [2.05, 4.69) is 19.6 Å². The van der Waals surface area contributed by atoms with Gasteiger partial charge < -0.3 is 14.0 Å². The average molecular weight is 397 g/mol.